The predicted molar refractivity (Wildman–Crippen MR) is 77.2 cm³/mol. The molecule has 7 heteroatoms. The Morgan fingerprint density at radius 2 is 2.10 bits per heavy atom. The first-order chi connectivity index (χ1) is 9.40. The third-order valence-corrected chi connectivity index (χ3v) is 4.11. The Morgan fingerprint density at radius 3 is 2.60 bits per heavy atom. The molecule has 0 aliphatic carbocycles. The fraction of sp³-hybridized carbons (Fsp3) is 0.462. The first-order valence-electron chi connectivity index (χ1n) is 6.18. The second kappa shape index (κ2) is 6.91. The number of carbonyl (C=O) groups is 2. The fourth-order valence-corrected chi connectivity index (χ4v) is 2.75. The molecule has 108 valence electrons. The van der Waals surface area contributed by atoms with Gasteiger partial charge in [-0.2, -0.15) is 5.26 Å². The third kappa shape index (κ3) is 3.71. The van der Waals surface area contributed by atoms with Gasteiger partial charge in [0, 0.05) is 10.9 Å². The fourth-order valence-electron chi connectivity index (χ4n) is 1.70. The molecule has 0 aliphatic rings. The van der Waals surface area contributed by atoms with Gasteiger partial charge in [0.15, 0.2) is 0 Å². The van der Waals surface area contributed by atoms with E-state index in [1.54, 1.807) is 13.8 Å². The third-order valence-electron chi connectivity index (χ3n) is 2.99. The molecule has 1 atom stereocenters. The second-order valence-corrected chi connectivity index (χ2v) is 5.58. The summed E-state index contributed by atoms with van der Waals surface area (Å²) in [4.78, 5) is 23.9. The van der Waals surface area contributed by atoms with Crippen molar-refractivity contribution in [1.29, 1.82) is 5.26 Å². The Kier molecular flexibility index (Phi) is 5.53. The van der Waals surface area contributed by atoms with Crippen molar-refractivity contribution in [3.63, 3.8) is 0 Å². The number of rotatable bonds is 5. The van der Waals surface area contributed by atoms with E-state index in [1.807, 2.05) is 13.0 Å². The molecule has 0 fully saturated rings. The molecule has 1 unspecified atom stereocenters. The van der Waals surface area contributed by atoms with E-state index in [0.717, 1.165) is 4.88 Å². The van der Waals surface area contributed by atoms with Crippen molar-refractivity contribution in [2.75, 3.05) is 5.32 Å². The second-order valence-electron chi connectivity index (χ2n) is 4.36. The zero-order valence-corrected chi connectivity index (χ0v) is 12.4. The van der Waals surface area contributed by atoms with Crippen molar-refractivity contribution in [3.8, 4) is 6.07 Å². The minimum atomic E-state index is -1.06. The predicted octanol–water partition coefficient (Wildman–Crippen LogP) is 2.88. The van der Waals surface area contributed by atoms with E-state index in [0.29, 0.717) is 17.0 Å². The number of carboxylic acids is 1. The molecule has 0 bridgehead atoms. The van der Waals surface area contributed by atoms with Gasteiger partial charge in [-0.25, -0.2) is 9.59 Å². The van der Waals surface area contributed by atoms with Crippen LogP contribution in [0.1, 0.15) is 40.6 Å². The van der Waals surface area contributed by atoms with Gasteiger partial charge in [0.1, 0.15) is 5.00 Å². The molecule has 0 aromatic carbocycles. The van der Waals surface area contributed by atoms with E-state index in [-0.39, 0.29) is 18.0 Å². The summed E-state index contributed by atoms with van der Waals surface area (Å²) in [5.74, 6) is -1.06. The number of nitrogens with one attached hydrogen (secondary N) is 2. The summed E-state index contributed by atoms with van der Waals surface area (Å²) in [6.45, 7) is 5.38. The van der Waals surface area contributed by atoms with Gasteiger partial charge < -0.3 is 10.4 Å². The standard InChI is InChI=1S/C13H17N3O3S/c1-4-9(5-6-14)15-13(19)16-11-10(12(17)18)7(2)8(3)20-11/h9H,4-5H2,1-3H3,(H,17,18)(H2,15,16,19). The average molecular weight is 295 g/mol. The van der Waals surface area contributed by atoms with Crippen LogP contribution in [0.2, 0.25) is 0 Å². The molecule has 0 aliphatic heterocycles. The van der Waals surface area contributed by atoms with E-state index >= 15 is 0 Å². The van der Waals surface area contributed by atoms with Crippen LogP contribution in [0.4, 0.5) is 9.80 Å². The van der Waals surface area contributed by atoms with Crippen molar-refractivity contribution in [2.45, 2.75) is 39.7 Å². The number of nitrogens with zero attached hydrogens (tertiary/aromatic N) is 1. The van der Waals surface area contributed by atoms with Crippen LogP contribution in [0.15, 0.2) is 0 Å². The van der Waals surface area contributed by atoms with Crippen molar-refractivity contribution >= 4 is 28.3 Å². The van der Waals surface area contributed by atoms with E-state index < -0.39 is 12.0 Å². The number of carbonyl (C=O) groups excluding carboxylic acids is 1. The van der Waals surface area contributed by atoms with E-state index in [2.05, 4.69) is 10.6 Å². The van der Waals surface area contributed by atoms with Gasteiger partial charge in [0.05, 0.1) is 18.1 Å². The van der Waals surface area contributed by atoms with Crippen LogP contribution < -0.4 is 10.6 Å². The molecular formula is C13H17N3O3S. The molecule has 0 saturated heterocycles. The number of urea groups is 1. The summed E-state index contributed by atoms with van der Waals surface area (Å²) in [7, 11) is 0. The lowest BCUT2D eigenvalue weighted by atomic mass is 10.1. The highest BCUT2D eigenvalue weighted by Gasteiger charge is 2.20. The van der Waals surface area contributed by atoms with Gasteiger partial charge in [-0.15, -0.1) is 11.3 Å². The Balaban J connectivity index is 2.84. The largest absolute Gasteiger partial charge is 0.478 e. The minimum absolute atomic E-state index is 0.121. The molecule has 1 aromatic heterocycles. The molecule has 3 N–H and O–H groups in total. The van der Waals surface area contributed by atoms with E-state index in [1.165, 1.54) is 11.3 Å². The lowest BCUT2D eigenvalue weighted by Gasteiger charge is -2.14. The Hall–Kier alpha value is -2.07. The number of hydrogen-bond acceptors (Lipinski definition) is 4. The summed E-state index contributed by atoms with van der Waals surface area (Å²) in [6.07, 6.45) is 0.855. The van der Waals surface area contributed by atoms with Crippen LogP contribution in [-0.4, -0.2) is 23.1 Å². The quantitative estimate of drug-likeness (QED) is 0.777. The zero-order valence-electron chi connectivity index (χ0n) is 11.6. The number of thiophene rings is 1. The average Bonchev–Trinajstić information content (AvgIpc) is 2.63. The van der Waals surface area contributed by atoms with Gasteiger partial charge in [-0.05, 0) is 25.8 Å². The Bertz CT molecular complexity index is 560. The van der Waals surface area contributed by atoms with Crippen molar-refractivity contribution in [1.82, 2.24) is 5.32 Å². The number of aromatic carboxylic acids is 1. The Morgan fingerprint density at radius 1 is 1.45 bits per heavy atom. The van der Waals surface area contributed by atoms with Crippen molar-refractivity contribution in [2.24, 2.45) is 0 Å². The number of amides is 2. The Labute approximate surface area is 121 Å². The zero-order chi connectivity index (χ0) is 15.3. The number of anilines is 1. The van der Waals surface area contributed by atoms with Crippen LogP contribution in [0.3, 0.4) is 0 Å². The van der Waals surface area contributed by atoms with Gasteiger partial charge in [-0.3, -0.25) is 5.32 Å². The summed E-state index contributed by atoms with van der Waals surface area (Å²) in [5.41, 5.74) is 0.776. The maximum atomic E-state index is 11.8. The lowest BCUT2D eigenvalue weighted by molar-refractivity contribution is 0.0697. The first kappa shape index (κ1) is 16.0. The van der Waals surface area contributed by atoms with Crippen LogP contribution in [0, 0.1) is 25.2 Å². The molecule has 6 nitrogen and oxygen atoms in total. The molecule has 2 amide bonds. The SMILES string of the molecule is CCC(CC#N)NC(=O)Nc1sc(C)c(C)c1C(=O)O. The minimum Gasteiger partial charge on any atom is -0.478 e. The van der Waals surface area contributed by atoms with Crippen LogP contribution >= 0.6 is 11.3 Å². The molecule has 0 saturated carbocycles. The maximum absolute atomic E-state index is 11.8. The van der Waals surface area contributed by atoms with Gasteiger partial charge in [0.25, 0.3) is 0 Å². The summed E-state index contributed by atoms with van der Waals surface area (Å²) in [5, 5.41) is 23.3. The molecule has 20 heavy (non-hydrogen) atoms. The smallest absolute Gasteiger partial charge is 0.338 e. The van der Waals surface area contributed by atoms with Gasteiger partial charge in [-0.1, -0.05) is 6.92 Å². The maximum Gasteiger partial charge on any atom is 0.338 e. The number of nitriles is 1. The summed E-state index contributed by atoms with van der Waals surface area (Å²) in [6, 6.07) is 1.27. The summed E-state index contributed by atoms with van der Waals surface area (Å²) < 4.78 is 0. The number of carboxylic acid groups (broad SMARTS) is 1. The molecule has 1 aromatic rings. The highest BCUT2D eigenvalue weighted by molar-refractivity contribution is 7.16. The number of hydrogen-bond donors (Lipinski definition) is 3. The van der Waals surface area contributed by atoms with Crippen LogP contribution in [0.5, 0.6) is 0 Å². The van der Waals surface area contributed by atoms with E-state index in [4.69, 9.17) is 5.26 Å². The van der Waals surface area contributed by atoms with E-state index in [9.17, 15) is 14.7 Å². The van der Waals surface area contributed by atoms with Gasteiger partial charge in [0.2, 0.25) is 0 Å². The normalized spacial score (nSPS) is 11.5. The van der Waals surface area contributed by atoms with Crippen molar-refractivity contribution in [3.05, 3.63) is 16.0 Å². The molecule has 1 heterocycles. The molecular weight excluding hydrogens is 278 g/mol. The lowest BCUT2D eigenvalue weighted by Crippen LogP contribution is -2.37. The monoisotopic (exact) mass is 295 g/mol. The first-order valence-corrected chi connectivity index (χ1v) is 7.00. The number of aryl methyl sites for hydroxylation is 1. The topological polar surface area (TPSA) is 102 Å². The van der Waals surface area contributed by atoms with Gasteiger partial charge >= 0.3 is 12.0 Å². The molecule has 0 radical (unpaired) electrons. The van der Waals surface area contributed by atoms with Crippen molar-refractivity contribution < 1.29 is 14.7 Å². The van der Waals surface area contributed by atoms with Crippen LogP contribution in [0.25, 0.3) is 0 Å². The highest BCUT2D eigenvalue weighted by Crippen LogP contribution is 2.32. The highest BCUT2D eigenvalue weighted by atomic mass is 32.1. The van der Waals surface area contributed by atoms with Crippen LogP contribution in [-0.2, 0) is 0 Å². The summed E-state index contributed by atoms with van der Waals surface area (Å²) >= 11 is 1.23. The molecule has 1 rings (SSSR count). The molecule has 0 spiro atoms.